The maximum atomic E-state index is 5.38. The summed E-state index contributed by atoms with van der Waals surface area (Å²) in [4.78, 5) is 6.78. The molecule has 132 valence electrons. The molecule has 0 amide bonds. The minimum atomic E-state index is 0.269. The van der Waals surface area contributed by atoms with Gasteiger partial charge in [0.2, 0.25) is 0 Å². The Balaban J connectivity index is 1.44. The Hall–Kier alpha value is -1.11. The lowest BCUT2D eigenvalue weighted by Gasteiger charge is -2.27. The van der Waals surface area contributed by atoms with E-state index in [9.17, 15) is 0 Å². The Labute approximate surface area is 153 Å². The number of nitrogens with one attached hydrogen (secondary N) is 2. The van der Waals surface area contributed by atoms with Crippen molar-refractivity contribution in [2.45, 2.75) is 18.3 Å². The van der Waals surface area contributed by atoms with Crippen molar-refractivity contribution in [1.29, 1.82) is 0 Å². The number of ether oxygens (including phenoxy) is 1. The molecule has 1 aromatic rings. The zero-order valence-corrected chi connectivity index (χ0v) is 15.9. The number of aliphatic imine (C=N–C) groups is 1. The van der Waals surface area contributed by atoms with Crippen LogP contribution in [0.2, 0.25) is 0 Å². The van der Waals surface area contributed by atoms with E-state index in [-0.39, 0.29) is 5.41 Å². The van der Waals surface area contributed by atoms with E-state index in [4.69, 9.17) is 4.74 Å². The Morgan fingerprint density at radius 3 is 2.75 bits per heavy atom. The Bertz CT molecular complexity index is 568. The van der Waals surface area contributed by atoms with Gasteiger partial charge in [-0.05, 0) is 30.5 Å². The molecule has 1 heterocycles. The highest BCUT2D eigenvalue weighted by atomic mass is 79.9. The number of rotatable bonds is 6. The second kappa shape index (κ2) is 8.32. The smallest absolute Gasteiger partial charge is 0.191 e. The monoisotopic (exact) mass is 394 g/mol. The van der Waals surface area contributed by atoms with Gasteiger partial charge in [0.05, 0.1) is 13.2 Å². The first-order valence-electron chi connectivity index (χ1n) is 8.72. The van der Waals surface area contributed by atoms with Crippen LogP contribution in [-0.2, 0) is 10.2 Å². The molecule has 0 atom stereocenters. The predicted molar refractivity (Wildman–Crippen MR) is 102 cm³/mol. The van der Waals surface area contributed by atoms with Crippen molar-refractivity contribution in [2.75, 3.05) is 53.0 Å². The number of hydrogen-bond acceptors (Lipinski definition) is 3. The Morgan fingerprint density at radius 1 is 1.29 bits per heavy atom. The largest absolute Gasteiger partial charge is 0.379 e. The molecule has 1 saturated carbocycles. The molecular formula is C18H27BrN4O. The molecule has 1 aromatic carbocycles. The first-order valence-corrected chi connectivity index (χ1v) is 9.52. The average molecular weight is 395 g/mol. The van der Waals surface area contributed by atoms with Gasteiger partial charge >= 0.3 is 0 Å². The zero-order valence-electron chi connectivity index (χ0n) is 14.4. The van der Waals surface area contributed by atoms with Crippen molar-refractivity contribution in [3.05, 3.63) is 34.3 Å². The van der Waals surface area contributed by atoms with E-state index in [1.54, 1.807) is 0 Å². The minimum absolute atomic E-state index is 0.269. The maximum absolute atomic E-state index is 5.38. The van der Waals surface area contributed by atoms with Crippen molar-refractivity contribution in [2.24, 2.45) is 4.99 Å². The summed E-state index contributed by atoms with van der Waals surface area (Å²) >= 11 is 3.58. The maximum Gasteiger partial charge on any atom is 0.191 e. The lowest BCUT2D eigenvalue weighted by atomic mass is 9.96. The second-order valence-electron chi connectivity index (χ2n) is 6.60. The van der Waals surface area contributed by atoms with Gasteiger partial charge in [-0.3, -0.25) is 9.89 Å². The van der Waals surface area contributed by atoms with Crippen molar-refractivity contribution in [3.8, 4) is 0 Å². The van der Waals surface area contributed by atoms with Gasteiger partial charge < -0.3 is 15.4 Å². The lowest BCUT2D eigenvalue weighted by molar-refractivity contribution is 0.0389. The van der Waals surface area contributed by atoms with Crippen LogP contribution in [0.5, 0.6) is 0 Å². The van der Waals surface area contributed by atoms with Crippen LogP contribution < -0.4 is 10.6 Å². The second-order valence-corrected chi connectivity index (χ2v) is 7.51. The molecule has 0 bridgehead atoms. The van der Waals surface area contributed by atoms with Gasteiger partial charge in [-0.2, -0.15) is 0 Å². The summed E-state index contributed by atoms with van der Waals surface area (Å²) < 4.78 is 6.53. The SMILES string of the molecule is CN=C(NCCN1CCOCC1)NCC1(c2cccc(Br)c2)CC1. The fourth-order valence-electron chi connectivity index (χ4n) is 3.17. The van der Waals surface area contributed by atoms with Crippen LogP contribution in [0.15, 0.2) is 33.7 Å². The summed E-state index contributed by atoms with van der Waals surface area (Å²) in [5.74, 6) is 0.893. The third kappa shape index (κ3) is 4.71. The highest BCUT2D eigenvalue weighted by molar-refractivity contribution is 9.10. The molecule has 6 heteroatoms. The summed E-state index contributed by atoms with van der Waals surface area (Å²) in [6.45, 7) is 6.62. The summed E-state index contributed by atoms with van der Waals surface area (Å²) in [5.41, 5.74) is 1.68. The molecule has 0 aromatic heterocycles. The highest BCUT2D eigenvalue weighted by Gasteiger charge is 2.44. The molecule has 2 aliphatic rings. The van der Waals surface area contributed by atoms with Gasteiger partial charge in [-0.25, -0.2) is 0 Å². The van der Waals surface area contributed by atoms with Gasteiger partial charge in [-0.1, -0.05) is 28.1 Å². The number of nitrogens with zero attached hydrogens (tertiary/aromatic N) is 2. The molecule has 0 spiro atoms. The summed E-state index contributed by atoms with van der Waals surface area (Å²) in [5, 5.41) is 6.94. The van der Waals surface area contributed by atoms with E-state index in [0.717, 1.165) is 56.4 Å². The van der Waals surface area contributed by atoms with Crippen molar-refractivity contribution >= 4 is 21.9 Å². The molecule has 1 saturated heterocycles. The Morgan fingerprint density at radius 2 is 2.08 bits per heavy atom. The molecule has 3 rings (SSSR count). The molecule has 2 N–H and O–H groups in total. The number of morpholine rings is 1. The molecule has 5 nitrogen and oxygen atoms in total. The van der Waals surface area contributed by atoms with Crippen LogP contribution in [0.1, 0.15) is 18.4 Å². The van der Waals surface area contributed by atoms with E-state index in [0.29, 0.717) is 0 Å². The molecule has 1 aliphatic carbocycles. The normalized spacial score (nSPS) is 20.7. The van der Waals surface area contributed by atoms with Gasteiger partial charge in [0.1, 0.15) is 0 Å². The van der Waals surface area contributed by atoms with Crippen LogP contribution in [0.4, 0.5) is 0 Å². The minimum Gasteiger partial charge on any atom is -0.379 e. The third-order valence-electron chi connectivity index (χ3n) is 4.93. The van der Waals surface area contributed by atoms with Crippen molar-refractivity contribution in [3.63, 3.8) is 0 Å². The quantitative estimate of drug-likeness (QED) is 0.571. The molecule has 2 fully saturated rings. The van der Waals surface area contributed by atoms with Gasteiger partial charge in [-0.15, -0.1) is 0 Å². The van der Waals surface area contributed by atoms with Crippen molar-refractivity contribution in [1.82, 2.24) is 15.5 Å². The Kier molecular flexibility index (Phi) is 6.14. The zero-order chi connectivity index (χ0) is 16.8. The number of hydrogen-bond donors (Lipinski definition) is 2. The van der Waals surface area contributed by atoms with Crippen LogP contribution in [0, 0.1) is 0 Å². The fourth-order valence-corrected chi connectivity index (χ4v) is 3.57. The van der Waals surface area contributed by atoms with E-state index < -0.39 is 0 Å². The van der Waals surface area contributed by atoms with Gasteiger partial charge in [0, 0.05) is 49.7 Å². The van der Waals surface area contributed by atoms with Crippen molar-refractivity contribution < 1.29 is 4.74 Å². The van der Waals surface area contributed by atoms with Crippen LogP contribution in [0.3, 0.4) is 0 Å². The third-order valence-corrected chi connectivity index (χ3v) is 5.43. The standard InChI is InChI=1S/C18H27BrN4O/c1-20-17(21-7-8-23-9-11-24-12-10-23)22-14-18(5-6-18)15-3-2-4-16(19)13-15/h2-4,13H,5-12,14H2,1H3,(H2,20,21,22). The first kappa shape index (κ1) is 17.7. The van der Waals surface area contributed by atoms with E-state index >= 15 is 0 Å². The first-order chi connectivity index (χ1) is 11.7. The summed E-state index contributed by atoms with van der Waals surface area (Å²) in [6.07, 6.45) is 2.47. The number of benzene rings is 1. The average Bonchev–Trinajstić information content (AvgIpc) is 3.40. The van der Waals surface area contributed by atoms with Crippen LogP contribution in [-0.4, -0.2) is 63.8 Å². The summed E-state index contributed by atoms with van der Waals surface area (Å²) in [6, 6.07) is 8.67. The highest BCUT2D eigenvalue weighted by Crippen LogP contribution is 2.48. The van der Waals surface area contributed by atoms with Crippen LogP contribution >= 0.6 is 15.9 Å². The molecule has 1 aliphatic heterocycles. The fraction of sp³-hybridized carbons (Fsp3) is 0.611. The molecule has 0 unspecified atom stereocenters. The molecule has 0 radical (unpaired) electrons. The molecular weight excluding hydrogens is 368 g/mol. The predicted octanol–water partition coefficient (Wildman–Crippen LogP) is 1.98. The number of guanidine groups is 1. The lowest BCUT2D eigenvalue weighted by Crippen LogP contribution is -2.45. The summed E-state index contributed by atoms with van der Waals surface area (Å²) in [7, 11) is 1.84. The topological polar surface area (TPSA) is 48.9 Å². The van der Waals surface area contributed by atoms with E-state index in [2.05, 4.69) is 60.7 Å². The van der Waals surface area contributed by atoms with E-state index in [1.807, 2.05) is 7.05 Å². The van der Waals surface area contributed by atoms with Crippen LogP contribution in [0.25, 0.3) is 0 Å². The van der Waals surface area contributed by atoms with E-state index in [1.165, 1.54) is 18.4 Å². The number of halogens is 1. The van der Waals surface area contributed by atoms with Gasteiger partial charge in [0.15, 0.2) is 5.96 Å². The van der Waals surface area contributed by atoms with Gasteiger partial charge in [0.25, 0.3) is 0 Å². The molecule has 24 heavy (non-hydrogen) atoms.